The van der Waals surface area contributed by atoms with Gasteiger partial charge in [-0.2, -0.15) is 0 Å². The van der Waals surface area contributed by atoms with E-state index in [1.54, 1.807) is 0 Å². The topological polar surface area (TPSA) is 79.5 Å². The fourth-order valence-corrected chi connectivity index (χ4v) is 3.56. The second-order valence-electron chi connectivity index (χ2n) is 7.33. The summed E-state index contributed by atoms with van der Waals surface area (Å²) < 4.78 is 5.80. The van der Waals surface area contributed by atoms with Crippen LogP contribution in [0.4, 0.5) is 11.4 Å². The third-order valence-electron chi connectivity index (χ3n) is 5.17. The van der Waals surface area contributed by atoms with Gasteiger partial charge in [0.1, 0.15) is 22.9 Å². The molecule has 6 heteroatoms. The number of para-hydroxylation sites is 1. The Hall–Kier alpha value is -3.12. The standard InChI is InChI=1S/C23H25N3O3/c27-22-20(21(23(22)28)26-17-5-4-13-24-15-17)25-14-12-16-8-10-19(11-9-16)29-18-6-2-1-3-7-18/h1-3,6-11,17,24-26H,4-5,12-15H2. The minimum Gasteiger partial charge on any atom is -0.457 e. The molecule has 0 saturated carbocycles. The maximum Gasteiger partial charge on any atom is 0.253 e. The van der Waals surface area contributed by atoms with E-state index < -0.39 is 10.9 Å². The molecule has 0 spiro atoms. The van der Waals surface area contributed by atoms with E-state index in [1.165, 1.54) is 0 Å². The molecule has 0 radical (unpaired) electrons. The van der Waals surface area contributed by atoms with Gasteiger partial charge < -0.3 is 20.7 Å². The normalized spacial score (nSPS) is 16.5. The van der Waals surface area contributed by atoms with Crippen molar-refractivity contribution in [1.29, 1.82) is 0 Å². The molecule has 1 atom stereocenters. The number of nitrogens with one attached hydrogen (secondary N) is 3. The van der Waals surface area contributed by atoms with E-state index >= 15 is 0 Å². The Kier molecular flexibility index (Phi) is 5.91. The molecule has 1 unspecified atom stereocenters. The van der Waals surface area contributed by atoms with E-state index in [0.29, 0.717) is 17.9 Å². The van der Waals surface area contributed by atoms with E-state index in [1.807, 2.05) is 54.6 Å². The fourth-order valence-electron chi connectivity index (χ4n) is 3.56. The van der Waals surface area contributed by atoms with Gasteiger partial charge in [0.25, 0.3) is 10.9 Å². The Labute approximate surface area is 169 Å². The highest BCUT2D eigenvalue weighted by molar-refractivity contribution is 5.74. The van der Waals surface area contributed by atoms with Crippen molar-refractivity contribution < 1.29 is 4.74 Å². The van der Waals surface area contributed by atoms with Gasteiger partial charge in [-0.15, -0.1) is 0 Å². The molecule has 29 heavy (non-hydrogen) atoms. The highest BCUT2D eigenvalue weighted by atomic mass is 16.5. The number of ether oxygens (including phenoxy) is 1. The van der Waals surface area contributed by atoms with E-state index in [9.17, 15) is 9.59 Å². The summed E-state index contributed by atoms with van der Waals surface area (Å²) in [6.07, 6.45) is 2.82. The first-order valence-corrected chi connectivity index (χ1v) is 10.1. The van der Waals surface area contributed by atoms with Crippen LogP contribution in [0.25, 0.3) is 0 Å². The molecule has 3 aromatic rings. The number of hydrogen-bond donors (Lipinski definition) is 3. The van der Waals surface area contributed by atoms with Crippen LogP contribution in [0.1, 0.15) is 18.4 Å². The number of rotatable bonds is 8. The van der Waals surface area contributed by atoms with Crippen LogP contribution >= 0.6 is 0 Å². The Morgan fingerprint density at radius 3 is 2.38 bits per heavy atom. The molecule has 3 aromatic carbocycles. The quantitative estimate of drug-likeness (QED) is 0.513. The van der Waals surface area contributed by atoms with Crippen molar-refractivity contribution in [2.45, 2.75) is 25.3 Å². The monoisotopic (exact) mass is 391 g/mol. The summed E-state index contributed by atoms with van der Waals surface area (Å²) in [5.74, 6) is 1.58. The number of anilines is 2. The lowest BCUT2D eigenvalue weighted by Gasteiger charge is -2.26. The van der Waals surface area contributed by atoms with Crippen molar-refractivity contribution in [3.05, 3.63) is 80.6 Å². The highest BCUT2D eigenvalue weighted by Gasteiger charge is 2.23. The Bertz CT molecular complexity index is 1000. The van der Waals surface area contributed by atoms with Gasteiger partial charge in [-0.25, -0.2) is 0 Å². The van der Waals surface area contributed by atoms with Gasteiger partial charge in [0.2, 0.25) is 0 Å². The van der Waals surface area contributed by atoms with Crippen LogP contribution in [0.5, 0.6) is 11.5 Å². The van der Waals surface area contributed by atoms with E-state index in [2.05, 4.69) is 16.0 Å². The van der Waals surface area contributed by atoms with Crippen molar-refractivity contribution in [3.8, 4) is 11.5 Å². The Morgan fingerprint density at radius 2 is 1.66 bits per heavy atom. The lowest BCUT2D eigenvalue weighted by Crippen LogP contribution is -2.44. The molecule has 0 aromatic heterocycles. The van der Waals surface area contributed by atoms with Gasteiger partial charge in [-0.05, 0) is 55.6 Å². The van der Waals surface area contributed by atoms with Crippen molar-refractivity contribution in [2.75, 3.05) is 30.3 Å². The predicted octanol–water partition coefficient (Wildman–Crippen LogP) is 2.89. The summed E-state index contributed by atoms with van der Waals surface area (Å²) in [5, 5.41) is 9.67. The average Bonchev–Trinajstić information content (AvgIpc) is 2.78. The van der Waals surface area contributed by atoms with Gasteiger partial charge in [0.05, 0.1) is 0 Å². The molecule has 1 heterocycles. The molecule has 6 nitrogen and oxygen atoms in total. The number of piperidine rings is 1. The Morgan fingerprint density at radius 1 is 0.931 bits per heavy atom. The predicted molar refractivity (Wildman–Crippen MR) is 116 cm³/mol. The minimum atomic E-state index is -0.428. The second kappa shape index (κ2) is 8.92. The zero-order valence-electron chi connectivity index (χ0n) is 16.2. The van der Waals surface area contributed by atoms with Crippen LogP contribution in [-0.2, 0) is 6.42 Å². The van der Waals surface area contributed by atoms with Crippen LogP contribution in [0.2, 0.25) is 0 Å². The van der Waals surface area contributed by atoms with Gasteiger partial charge in [0, 0.05) is 19.1 Å². The summed E-state index contributed by atoms with van der Waals surface area (Å²) in [5.41, 5.74) is 1.14. The first-order chi connectivity index (χ1) is 14.2. The molecule has 1 aliphatic rings. The summed E-state index contributed by atoms with van der Waals surface area (Å²) in [6, 6.07) is 17.7. The van der Waals surface area contributed by atoms with Crippen molar-refractivity contribution in [1.82, 2.24) is 5.32 Å². The van der Waals surface area contributed by atoms with Gasteiger partial charge in [-0.1, -0.05) is 30.3 Å². The zero-order valence-corrected chi connectivity index (χ0v) is 16.2. The lowest BCUT2D eigenvalue weighted by atomic mass is 10.1. The van der Waals surface area contributed by atoms with Crippen LogP contribution in [0, 0.1) is 0 Å². The van der Waals surface area contributed by atoms with E-state index in [4.69, 9.17) is 4.74 Å². The van der Waals surface area contributed by atoms with Crippen molar-refractivity contribution in [2.24, 2.45) is 0 Å². The molecular weight excluding hydrogens is 366 g/mol. The van der Waals surface area contributed by atoms with Gasteiger partial charge >= 0.3 is 0 Å². The largest absolute Gasteiger partial charge is 0.457 e. The smallest absolute Gasteiger partial charge is 0.253 e. The maximum absolute atomic E-state index is 11.9. The molecule has 0 amide bonds. The van der Waals surface area contributed by atoms with E-state index in [0.717, 1.165) is 49.4 Å². The minimum absolute atomic E-state index is 0.199. The number of hydrogen-bond acceptors (Lipinski definition) is 6. The molecule has 150 valence electrons. The molecular formula is C23H25N3O3. The molecule has 1 aliphatic heterocycles. The summed E-state index contributed by atoms with van der Waals surface area (Å²) >= 11 is 0. The molecule has 3 N–H and O–H groups in total. The fraction of sp³-hybridized carbons (Fsp3) is 0.304. The molecule has 1 saturated heterocycles. The van der Waals surface area contributed by atoms with Crippen LogP contribution < -0.4 is 31.5 Å². The van der Waals surface area contributed by atoms with Gasteiger partial charge in [-0.3, -0.25) is 9.59 Å². The highest BCUT2D eigenvalue weighted by Crippen LogP contribution is 2.22. The van der Waals surface area contributed by atoms with Gasteiger partial charge in [0.15, 0.2) is 0 Å². The third-order valence-corrected chi connectivity index (χ3v) is 5.17. The van der Waals surface area contributed by atoms with E-state index in [-0.39, 0.29) is 6.04 Å². The molecule has 0 aliphatic carbocycles. The Balaban J connectivity index is 1.29. The molecule has 1 fully saturated rings. The van der Waals surface area contributed by atoms with Crippen LogP contribution in [-0.4, -0.2) is 25.7 Å². The first kappa shape index (κ1) is 19.2. The summed E-state index contributed by atoms with van der Waals surface area (Å²) in [4.78, 5) is 23.9. The maximum atomic E-state index is 11.9. The summed E-state index contributed by atoms with van der Waals surface area (Å²) in [7, 11) is 0. The molecule has 0 bridgehead atoms. The summed E-state index contributed by atoms with van der Waals surface area (Å²) in [6.45, 7) is 2.40. The average molecular weight is 391 g/mol. The lowest BCUT2D eigenvalue weighted by molar-refractivity contribution is 0.479. The van der Waals surface area contributed by atoms with Crippen LogP contribution in [0.3, 0.4) is 0 Å². The number of benzene rings is 2. The molecule has 4 rings (SSSR count). The van der Waals surface area contributed by atoms with Crippen LogP contribution in [0.15, 0.2) is 64.2 Å². The SMILES string of the molecule is O=c1c(NCCc2ccc(Oc3ccccc3)cc2)c(NC2CCCNC2)c1=O. The van der Waals surface area contributed by atoms with Crippen molar-refractivity contribution >= 4 is 11.4 Å². The second-order valence-corrected chi connectivity index (χ2v) is 7.33. The first-order valence-electron chi connectivity index (χ1n) is 10.1. The zero-order chi connectivity index (χ0) is 20.1. The third kappa shape index (κ3) is 4.66. The van der Waals surface area contributed by atoms with Crippen molar-refractivity contribution in [3.63, 3.8) is 0 Å².